The van der Waals surface area contributed by atoms with E-state index in [9.17, 15) is 13.2 Å². The molecule has 0 amide bonds. The molecule has 0 saturated carbocycles. The van der Waals surface area contributed by atoms with Crippen molar-refractivity contribution in [1.82, 2.24) is 4.98 Å². The summed E-state index contributed by atoms with van der Waals surface area (Å²) in [5.41, 5.74) is 0. The zero-order valence-corrected chi connectivity index (χ0v) is 9.40. The Balaban J connectivity index is 2.91. The Morgan fingerprint density at radius 2 is 2.23 bits per heavy atom. The quantitative estimate of drug-likeness (QED) is 0.778. The van der Waals surface area contributed by atoms with E-state index in [0.717, 1.165) is 11.3 Å². The molecule has 1 rings (SSSR count). The fourth-order valence-electron chi connectivity index (χ4n) is 0.755. The van der Waals surface area contributed by atoms with Crippen LogP contribution in [0, 0.1) is 6.92 Å². The lowest BCUT2D eigenvalue weighted by molar-refractivity contribution is -0.188. The number of thiazole rings is 1. The number of aryl methyl sites for hydroxylation is 1. The minimum atomic E-state index is -4.37. The Morgan fingerprint density at radius 3 is 2.54 bits per heavy atom. The van der Waals surface area contributed by atoms with Crippen LogP contribution in [0.2, 0.25) is 0 Å². The lowest BCUT2D eigenvalue weighted by Crippen LogP contribution is -2.19. The molecule has 0 bridgehead atoms. The number of alkyl halides is 3. The molecular weight excluding hydrogens is 318 g/mol. The second kappa shape index (κ2) is 4.09. The Hall–Kier alpha value is 0.110. The first kappa shape index (κ1) is 11.2. The third kappa shape index (κ3) is 2.78. The molecule has 74 valence electrons. The Labute approximate surface area is 90.8 Å². The molecule has 1 aromatic rings. The summed E-state index contributed by atoms with van der Waals surface area (Å²) in [5, 5.41) is 0.595. The van der Waals surface area contributed by atoms with Gasteiger partial charge in [0.2, 0.25) is 6.10 Å². The maximum Gasteiger partial charge on any atom is 0.420 e. The topological polar surface area (TPSA) is 22.1 Å². The smallest absolute Gasteiger partial charge is 0.297 e. The monoisotopic (exact) mass is 323 g/mol. The van der Waals surface area contributed by atoms with Gasteiger partial charge in [0, 0.05) is 6.20 Å². The fourth-order valence-corrected chi connectivity index (χ4v) is 2.33. The van der Waals surface area contributed by atoms with E-state index >= 15 is 0 Å². The predicted octanol–water partition coefficient (Wildman–Crippen LogP) is 3.42. The molecule has 1 heterocycles. The van der Waals surface area contributed by atoms with Gasteiger partial charge in [-0.25, -0.2) is 4.98 Å². The summed E-state index contributed by atoms with van der Waals surface area (Å²) >= 11 is 2.23. The van der Waals surface area contributed by atoms with Crippen LogP contribution in [0.5, 0.6) is 0 Å². The Kier molecular flexibility index (Phi) is 3.52. The van der Waals surface area contributed by atoms with E-state index in [1.165, 1.54) is 29.2 Å². The van der Waals surface area contributed by atoms with Crippen LogP contribution in [0.15, 0.2) is 6.20 Å². The molecule has 13 heavy (non-hydrogen) atoms. The Bertz CT molecular complexity index is 288. The first-order valence-corrected chi connectivity index (χ1v) is 4.91. The van der Waals surface area contributed by atoms with Crippen LogP contribution in [-0.4, -0.2) is 11.2 Å². The van der Waals surface area contributed by atoms with Crippen molar-refractivity contribution in [2.24, 2.45) is 0 Å². The molecular formula is C6H5F3INOS. The predicted molar refractivity (Wildman–Crippen MR) is 50.8 cm³/mol. The van der Waals surface area contributed by atoms with Crippen molar-refractivity contribution in [2.75, 3.05) is 0 Å². The van der Waals surface area contributed by atoms with Crippen molar-refractivity contribution >= 4 is 34.3 Å². The first-order chi connectivity index (χ1) is 5.95. The first-order valence-electron chi connectivity index (χ1n) is 3.21. The van der Waals surface area contributed by atoms with E-state index < -0.39 is 12.3 Å². The van der Waals surface area contributed by atoms with Crippen LogP contribution in [0.1, 0.15) is 16.0 Å². The van der Waals surface area contributed by atoms with Gasteiger partial charge in [0.1, 0.15) is 23.0 Å². The molecule has 1 aromatic heterocycles. The van der Waals surface area contributed by atoms with E-state index in [2.05, 4.69) is 8.05 Å². The van der Waals surface area contributed by atoms with Crippen molar-refractivity contribution in [2.45, 2.75) is 19.2 Å². The largest absolute Gasteiger partial charge is 0.420 e. The van der Waals surface area contributed by atoms with Crippen molar-refractivity contribution < 1.29 is 16.2 Å². The van der Waals surface area contributed by atoms with Gasteiger partial charge in [-0.1, -0.05) is 0 Å². The van der Waals surface area contributed by atoms with E-state index in [-0.39, 0.29) is 4.88 Å². The molecule has 0 fully saturated rings. The number of rotatable bonds is 2. The highest BCUT2D eigenvalue weighted by Gasteiger charge is 2.43. The fraction of sp³-hybridized carbons (Fsp3) is 0.500. The summed E-state index contributed by atoms with van der Waals surface area (Å²) in [4.78, 5) is 3.82. The third-order valence-electron chi connectivity index (χ3n) is 1.28. The summed E-state index contributed by atoms with van der Waals surface area (Å²) in [7, 11) is 0. The van der Waals surface area contributed by atoms with Gasteiger partial charge in [-0.15, -0.1) is 11.3 Å². The average molecular weight is 323 g/mol. The molecule has 0 aliphatic rings. The Morgan fingerprint density at radius 1 is 1.62 bits per heavy atom. The van der Waals surface area contributed by atoms with E-state index in [0.29, 0.717) is 5.01 Å². The van der Waals surface area contributed by atoms with Crippen LogP contribution in [-0.2, 0) is 3.07 Å². The molecule has 2 nitrogen and oxygen atoms in total. The van der Waals surface area contributed by atoms with Crippen LogP contribution in [0.25, 0.3) is 0 Å². The van der Waals surface area contributed by atoms with Crippen LogP contribution in [0.3, 0.4) is 0 Å². The van der Waals surface area contributed by atoms with Gasteiger partial charge in [0.15, 0.2) is 0 Å². The van der Waals surface area contributed by atoms with Crippen LogP contribution < -0.4 is 0 Å². The summed E-state index contributed by atoms with van der Waals surface area (Å²) in [6.07, 6.45) is -5.05. The van der Waals surface area contributed by atoms with E-state index in [1.54, 1.807) is 6.92 Å². The number of halogens is 4. The summed E-state index contributed by atoms with van der Waals surface area (Å²) < 4.78 is 41.1. The number of hydrogen-bond acceptors (Lipinski definition) is 3. The molecule has 0 radical (unpaired) electrons. The third-order valence-corrected chi connectivity index (χ3v) is 2.75. The van der Waals surface area contributed by atoms with Crippen LogP contribution in [0.4, 0.5) is 13.2 Å². The molecule has 7 heteroatoms. The minimum absolute atomic E-state index is 0.0828. The van der Waals surface area contributed by atoms with Crippen LogP contribution >= 0.6 is 34.3 Å². The van der Waals surface area contributed by atoms with Crippen molar-refractivity contribution in [1.29, 1.82) is 0 Å². The summed E-state index contributed by atoms with van der Waals surface area (Å²) in [6, 6.07) is 0. The highest BCUT2D eigenvalue weighted by molar-refractivity contribution is 14.1. The molecule has 0 aliphatic carbocycles. The zero-order chi connectivity index (χ0) is 10.1. The number of hydrogen-bond donors (Lipinski definition) is 0. The molecule has 0 aliphatic heterocycles. The van der Waals surface area contributed by atoms with E-state index in [4.69, 9.17) is 0 Å². The van der Waals surface area contributed by atoms with Crippen molar-refractivity contribution in [3.63, 3.8) is 0 Å². The van der Waals surface area contributed by atoms with Crippen molar-refractivity contribution in [3.8, 4) is 0 Å². The molecule has 1 atom stereocenters. The highest BCUT2D eigenvalue weighted by atomic mass is 127. The van der Waals surface area contributed by atoms with Gasteiger partial charge >= 0.3 is 6.18 Å². The zero-order valence-electron chi connectivity index (χ0n) is 6.43. The molecule has 0 N–H and O–H groups in total. The van der Waals surface area contributed by atoms with Crippen molar-refractivity contribution in [3.05, 3.63) is 16.1 Å². The highest BCUT2D eigenvalue weighted by Crippen LogP contribution is 2.39. The summed E-state index contributed by atoms with van der Waals surface area (Å²) in [5.74, 6) is 0. The van der Waals surface area contributed by atoms with Gasteiger partial charge in [-0.3, -0.25) is 3.07 Å². The maximum atomic E-state index is 12.3. The molecule has 0 unspecified atom stereocenters. The summed E-state index contributed by atoms with van der Waals surface area (Å²) in [6.45, 7) is 1.65. The molecule has 0 saturated heterocycles. The van der Waals surface area contributed by atoms with E-state index in [1.807, 2.05) is 0 Å². The number of aromatic nitrogens is 1. The second-order valence-corrected chi connectivity index (χ2v) is 4.07. The normalized spacial score (nSPS) is 14.5. The van der Waals surface area contributed by atoms with Gasteiger partial charge in [-0.2, -0.15) is 13.2 Å². The standard InChI is InChI=1S/C6H5F3INOS/c1-3-11-2-4(13-3)5(12-10)6(7,8)9/h2,5H,1H3/t5-/m0/s1. The number of nitrogens with zero attached hydrogens (tertiary/aromatic N) is 1. The second-order valence-electron chi connectivity index (χ2n) is 2.29. The average Bonchev–Trinajstić information content (AvgIpc) is 2.34. The minimum Gasteiger partial charge on any atom is -0.297 e. The van der Waals surface area contributed by atoms with Gasteiger partial charge < -0.3 is 0 Å². The SMILES string of the molecule is Cc1ncc([C@H](OI)C(F)(F)F)s1. The molecule has 0 spiro atoms. The molecule has 0 aromatic carbocycles. The van der Waals surface area contributed by atoms with Gasteiger partial charge in [0.25, 0.3) is 0 Å². The maximum absolute atomic E-state index is 12.3. The lowest BCUT2D eigenvalue weighted by Gasteiger charge is -2.14. The lowest BCUT2D eigenvalue weighted by atomic mass is 10.3. The van der Waals surface area contributed by atoms with Gasteiger partial charge in [-0.05, 0) is 6.92 Å². The van der Waals surface area contributed by atoms with Gasteiger partial charge in [0.05, 0.1) is 9.88 Å².